The van der Waals surface area contributed by atoms with Crippen LogP contribution < -0.4 is 0 Å². The van der Waals surface area contributed by atoms with Crippen LogP contribution in [0.4, 0.5) is 0 Å². The van der Waals surface area contributed by atoms with Crippen molar-refractivity contribution in [2.24, 2.45) is 5.92 Å². The third-order valence-corrected chi connectivity index (χ3v) is 9.50. The standard InChI is InChI=1S/C31H46O11/c1-17-13-23(41-31(14-17)25(33)8-7-21(40-31)15-29(4,37)28(35)36)18(2)5-6-20-9-11-30(39-20)12-10-22-27(42-30)26(34)19(3)24(16-32)38-22/h5-6,14,18,20-27,32-34,37H,3,7-13,15-16H2,1-2,4H3,(H,35,36)/b6-5+/t18-,20+,21+,22-,23+,24-,25-,26-,27-,29-,30-,31-/m1/s1. The van der Waals surface area contributed by atoms with Gasteiger partial charge in [0.25, 0.3) is 0 Å². The van der Waals surface area contributed by atoms with Crippen molar-refractivity contribution in [2.75, 3.05) is 6.61 Å². The molecule has 5 N–H and O–H groups in total. The van der Waals surface area contributed by atoms with Gasteiger partial charge < -0.3 is 49.2 Å². The first-order valence-corrected chi connectivity index (χ1v) is 15.1. The Kier molecular flexibility index (Phi) is 9.09. The Morgan fingerprint density at radius 3 is 2.62 bits per heavy atom. The summed E-state index contributed by atoms with van der Waals surface area (Å²) in [6, 6.07) is 0. The SMILES string of the molecule is C=C1[C@@H](O)[C@@H]2O[C@]3(CC[C@H](/C=C/[C@@H](C)[C@@H]4CC(C)=C[C@@]5(O[C@H](C[C@@](C)(O)C(=O)O)CC[C@H]5O)O4)O3)CC[C@H]2O[C@@H]1CO. The molecule has 4 fully saturated rings. The summed E-state index contributed by atoms with van der Waals surface area (Å²) in [7, 11) is 0. The van der Waals surface area contributed by atoms with Gasteiger partial charge in [0.05, 0.1) is 31.0 Å². The normalized spacial score (nSPS) is 44.6. The molecule has 0 bridgehead atoms. The topological polar surface area (TPSA) is 164 Å². The van der Waals surface area contributed by atoms with Crippen molar-refractivity contribution >= 4 is 5.97 Å². The molecule has 0 unspecified atom stereocenters. The third-order valence-electron chi connectivity index (χ3n) is 9.50. The van der Waals surface area contributed by atoms with E-state index in [-0.39, 0.29) is 37.3 Å². The maximum Gasteiger partial charge on any atom is 0.335 e. The fourth-order valence-electron chi connectivity index (χ4n) is 6.95. The van der Waals surface area contributed by atoms with E-state index in [2.05, 4.69) is 6.58 Å². The number of fused-ring (bicyclic) bond motifs is 1. The second-order valence-electron chi connectivity index (χ2n) is 13.0. The Balaban J connectivity index is 1.20. The van der Waals surface area contributed by atoms with Crippen LogP contribution in [0.1, 0.15) is 72.1 Å². The summed E-state index contributed by atoms with van der Waals surface area (Å²) in [5.74, 6) is -3.60. The molecule has 0 aromatic rings. The van der Waals surface area contributed by atoms with Crippen LogP contribution in [-0.4, -0.2) is 104 Å². The van der Waals surface area contributed by atoms with Gasteiger partial charge in [0, 0.05) is 25.2 Å². The van der Waals surface area contributed by atoms with E-state index >= 15 is 0 Å². The number of hydrogen-bond acceptors (Lipinski definition) is 10. The Morgan fingerprint density at radius 2 is 1.90 bits per heavy atom. The molecular weight excluding hydrogens is 548 g/mol. The predicted octanol–water partition coefficient (Wildman–Crippen LogP) is 2.11. The van der Waals surface area contributed by atoms with Crippen LogP contribution in [0.15, 0.2) is 36.0 Å². The molecule has 4 saturated heterocycles. The second kappa shape index (κ2) is 12.0. The fourth-order valence-corrected chi connectivity index (χ4v) is 6.95. The Labute approximate surface area is 246 Å². The zero-order valence-electron chi connectivity index (χ0n) is 24.7. The van der Waals surface area contributed by atoms with Gasteiger partial charge in [-0.3, -0.25) is 0 Å². The quantitative estimate of drug-likeness (QED) is 0.274. The van der Waals surface area contributed by atoms with E-state index in [0.717, 1.165) is 12.0 Å². The highest BCUT2D eigenvalue weighted by molar-refractivity contribution is 5.76. The molecule has 5 aliphatic heterocycles. The second-order valence-corrected chi connectivity index (χ2v) is 13.0. The smallest absolute Gasteiger partial charge is 0.335 e. The van der Waals surface area contributed by atoms with Crippen molar-refractivity contribution in [3.63, 3.8) is 0 Å². The molecule has 11 nitrogen and oxygen atoms in total. The number of carbonyl (C=O) groups is 1. The van der Waals surface area contributed by atoms with Gasteiger partial charge in [0.2, 0.25) is 5.79 Å². The van der Waals surface area contributed by atoms with Crippen molar-refractivity contribution in [3.05, 3.63) is 36.0 Å². The highest BCUT2D eigenvalue weighted by atomic mass is 16.7. The van der Waals surface area contributed by atoms with E-state index in [4.69, 9.17) is 23.7 Å². The molecule has 0 amide bonds. The van der Waals surface area contributed by atoms with Crippen molar-refractivity contribution in [2.45, 2.75) is 138 Å². The molecule has 5 aliphatic rings. The monoisotopic (exact) mass is 594 g/mol. The minimum Gasteiger partial charge on any atom is -0.479 e. The number of carboxylic acids is 1. The molecule has 0 aromatic carbocycles. The Hall–Kier alpha value is -1.67. The highest BCUT2D eigenvalue weighted by Crippen LogP contribution is 2.45. The average Bonchev–Trinajstić information content (AvgIpc) is 3.33. The van der Waals surface area contributed by atoms with Gasteiger partial charge >= 0.3 is 5.97 Å². The summed E-state index contributed by atoms with van der Waals surface area (Å²) in [6.07, 6.45) is 5.36. The summed E-state index contributed by atoms with van der Waals surface area (Å²) < 4.78 is 31.3. The number of rotatable bonds is 7. The van der Waals surface area contributed by atoms with Gasteiger partial charge in [0.15, 0.2) is 11.4 Å². The van der Waals surface area contributed by atoms with Crippen LogP contribution in [-0.2, 0) is 28.5 Å². The predicted molar refractivity (Wildman–Crippen MR) is 149 cm³/mol. The number of hydrogen-bond donors (Lipinski definition) is 5. The van der Waals surface area contributed by atoms with Crippen LogP contribution in [0.5, 0.6) is 0 Å². The number of aliphatic carboxylic acids is 1. The minimum atomic E-state index is -1.95. The number of ether oxygens (including phenoxy) is 5. The maximum absolute atomic E-state index is 11.5. The van der Waals surface area contributed by atoms with Gasteiger partial charge in [-0.15, -0.1) is 0 Å². The molecular formula is C31H46O11. The average molecular weight is 595 g/mol. The van der Waals surface area contributed by atoms with Gasteiger partial charge in [-0.05, 0) is 57.6 Å². The summed E-state index contributed by atoms with van der Waals surface area (Å²) in [5.41, 5.74) is -0.536. The molecule has 0 saturated carbocycles. The molecule has 11 heteroatoms. The largest absolute Gasteiger partial charge is 0.479 e. The van der Waals surface area contributed by atoms with Crippen LogP contribution in [0, 0.1) is 5.92 Å². The molecule has 236 valence electrons. The number of carboxylic acid groups (broad SMARTS) is 1. The summed E-state index contributed by atoms with van der Waals surface area (Å²) in [4.78, 5) is 11.5. The van der Waals surface area contributed by atoms with Crippen molar-refractivity contribution in [1.29, 1.82) is 0 Å². The Morgan fingerprint density at radius 1 is 1.17 bits per heavy atom. The summed E-state index contributed by atoms with van der Waals surface area (Å²) in [6.45, 7) is 8.89. The lowest BCUT2D eigenvalue weighted by atomic mass is 9.86. The van der Waals surface area contributed by atoms with Crippen LogP contribution >= 0.6 is 0 Å². The van der Waals surface area contributed by atoms with Crippen molar-refractivity contribution < 1.29 is 54.0 Å². The lowest BCUT2D eigenvalue weighted by Gasteiger charge is -2.48. The summed E-state index contributed by atoms with van der Waals surface area (Å²) in [5, 5.41) is 50.9. The number of aliphatic hydroxyl groups is 4. The molecule has 5 rings (SSSR count). The van der Waals surface area contributed by atoms with Crippen LogP contribution in [0.2, 0.25) is 0 Å². The summed E-state index contributed by atoms with van der Waals surface area (Å²) >= 11 is 0. The lowest BCUT2D eigenvalue weighted by molar-refractivity contribution is -0.320. The molecule has 5 heterocycles. The van der Waals surface area contributed by atoms with E-state index < -0.39 is 53.7 Å². The van der Waals surface area contributed by atoms with Gasteiger partial charge in [-0.1, -0.05) is 31.2 Å². The van der Waals surface area contributed by atoms with Crippen molar-refractivity contribution in [3.8, 4) is 0 Å². The van der Waals surface area contributed by atoms with E-state index in [0.29, 0.717) is 44.1 Å². The number of aliphatic hydroxyl groups excluding tert-OH is 3. The minimum absolute atomic E-state index is 0.0621. The first kappa shape index (κ1) is 31.7. The maximum atomic E-state index is 11.5. The molecule has 0 aliphatic carbocycles. The molecule has 0 radical (unpaired) electrons. The molecule has 42 heavy (non-hydrogen) atoms. The zero-order chi connectivity index (χ0) is 30.4. The van der Waals surface area contributed by atoms with Crippen molar-refractivity contribution in [1.82, 2.24) is 0 Å². The van der Waals surface area contributed by atoms with E-state index in [1.54, 1.807) is 6.08 Å². The fraction of sp³-hybridized carbons (Fsp3) is 0.774. The molecule has 0 aromatic heterocycles. The Bertz CT molecular complexity index is 1090. The van der Waals surface area contributed by atoms with Gasteiger partial charge in [0.1, 0.15) is 24.4 Å². The zero-order valence-corrected chi connectivity index (χ0v) is 24.7. The molecule has 12 atom stereocenters. The van der Waals surface area contributed by atoms with Gasteiger partial charge in [-0.2, -0.15) is 0 Å². The van der Waals surface area contributed by atoms with Crippen LogP contribution in [0.25, 0.3) is 0 Å². The first-order valence-electron chi connectivity index (χ1n) is 15.1. The highest BCUT2D eigenvalue weighted by Gasteiger charge is 2.53. The lowest BCUT2D eigenvalue weighted by Crippen LogP contribution is -2.58. The van der Waals surface area contributed by atoms with E-state index in [1.807, 2.05) is 26.0 Å². The van der Waals surface area contributed by atoms with E-state index in [1.165, 1.54) is 6.92 Å². The van der Waals surface area contributed by atoms with E-state index in [9.17, 15) is 30.3 Å². The first-order chi connectivity index (χ1) is 19.8. The van der Waals surface area contributed by atoms with Gasteiger partial charge in [-0.25, -0.2) is 4.79 Å². The van der Waals surface area contributed by atoms with Crippen LogP contribution in [0.3, 0.4) is 0 Å². The third kappa shape index (κ3) is 6.27. The molecule has 2 spiro atoms.